The number of carbonyl (C=O) groups is 2. The molecule has 0 atom stereocenters. The first-order valence-electron chi connectivity index (χ1n) is 8.30. The lowest BCUT2D eigenvalue weighted by molar-refractivity contribution is -0.144. The number of nitrogens with one attached hydrogen (secondary N) is 1. The van der Waals surface area contributed by atoms with Crippen LogP contribution in [0, 0.1) is 13.8 Å². The van der Waals surface area contributed by atoms with E-state index in [9.17, 15) is 9.59 Å². The van der Waals surface area contributed by atoms with Gasteiger partial charge in [-0.1, -0.05) is 17.7 Å². The topological polar surface area (TPSA) is 73.9 Å². The van der Waals surface area contributed by atoms with Crippen LogP contribution in [0.2, 0.25) is 0 Å². The maximum absolute atomic E-state index is 12.0. The van der Waals surface area contributed by atoms with E-state index >= 15 is 0 Å². The summed E-state index contributed by atoms with van der Waals surface area (Å²) in [6.07, 6.45) is 0. The van der Waals surface area contributed by atoms with Gasteiger partial charge in [0.15, 0.2) is 18.1 Å². The van der Waals surface area contributed by atoms with Crippen LogP contribution in [0.25, 0.3) is 0 Å². The molecule has 1 amide bonds. The molecule has 2 aromatic carbocycles. The standard InChI is InChI=1S/C20H23NO5S/c1-13-5-8-18(14(2)9-13)27-12-20(23)26-11-19(22)21-15-6-7-16(24-3)17(10-15)25-4/h5-10H,11-12H2,1-4H3,(H,21,22). The molecular weight excluding hydrogens is 366 g/mol. The number of hydrogen-bond donors (Lipinski definition) is 1. The quantitative estimate of drug-likeness (QED) is 0.549. The highest BCUT2D eigenvalue weighted by atomic mass is 32.2. The summed E-state index contributed by atoms with van der Waals surface area (Å²) >= 11 is 1.39. The predicted molar refractivity (Wildman–Crippen MR) is 106 cm³/mol. The van der Waals surface area contributed by atoms with Crippen LogP contribution < -0.4 is 14.8 Å². The molecule has 2 aromatic rings. The van der Waals surface area contributed by atoms with Crippen LogP contribution in [0.4, 0.5) is 5.69 Å². The Morgan fingerprint density at radius 3 is 2.41 bits per heavy atom. The van der Waals surface area contributed by atoms with Crippen LogP contribution in [0.15, 0.2) is 41.3 Å². The number of ether oxygens (including phenoxy) is 3. The third-order valence-electron chi connectivity index (χ3n) is 3.71. The Hall–Kier alpha value is -2.67. The van der Waals surface area contributed by atoms with Crippen molar-refractivity contribution in [2.24, 2.45) is 0 Å². The van der Waals surface area contributed by atoms with E-state index in [0.717, 1.165) is 10.5 Å². The zero-order chi connectivity index (χ0) is 19.8. The minimum Gasteiger partial charge on any atom is -0.493 e. The molecule has 1 N–H and O–H groups in total. The molecule has 0 fully saturated rings. The number of methoxy groups -OCH3 is 2. The highest BCUT2D eigenvalue weighted by molar-refractivity contribution is 8.00. The van der Waals surface area contributed by atoms with Gasteiger partial charge in [0.1, 0.15) is 0 Å². The fraction of sp³-hybridized carbons (Fsp3) is 0.300. The smallest absolute Gasteiger partial charge is 0.316 e. The van der Waals surface area contributed by atoms with E-state index in [1.165, 1.54) is 31.5 Å². The van der Waals surface area contributed by atoms with Gasteiger partial charge in [0, 0.05) is 16.6 Å². The number of thioether (sulfide) groups is 1. The number of carbonyl (C=O) groups excluding carboxylic acids is 2. The number of benzene rings is 2. The van der Waals surface area contributed by atoms with Crippen molar-refractivity contribution in [1.82, 2.24) is 0 Å². The molecule has 0 aromatic heterocycles. The minimum absolute atomic E-state index is 0.146. The highest BCUT2D eigenvalue weighted by Gasteiger charge is 2.11. The highest BCUT2D eigenvalue weighted by Crippen LogP contribution is 2.29. The number of amides is 1. The summed E-state index contributed by atoms with van der Waals surface area (Å²) in [5.41, 5.74) is 2.81. The summed E-state index contributed by atoms with van der Waals surface area (Å²) in [5.74, 6) is 0.338. The van der Waals surface area contributed by atoms with Crippen LogP contribution in [0.1, 0.15) is 11.1 Å². The molecule has 0 aliphatic carbocycles. The molecule has 6 nitrogen and oxygen atoms in total. The molecule has 0 heterocycles. The molecule has 7 heteroatoms. The number of aryl methyl sites for hydroxylation is 2. The van der Waals surface area contributed by atoms with Crippen LogP contribution in [-0.4, -0.2) is 38.5 Å². The molecule has 0 saturated carbocycles. The average Bonchev–Trinajstić information content (AvgIpc) is 2.65. The van der Waals surface area contributed by atoms with E-state index in [-0.39, 0.29) is 12.4 Å². The SMILES string of the molecule is COc1ccc(NC(=O)COC(=O)CSc2ccc(C)cc2C)cc1OC. The van der Waals surface area contributed by atoms with E-state index < -0.39 is 11.9 Å². The van der Waals surface area contributed by atoms with Gasteiger partial charge in [0.05, 0.1) is 20.0 Å². The Balaban J connectivity index is 1.80. The molecular formula is C20H23NO5S. The summed E-state index contributed by atoms with van der Waals surface area (Å²) in [4.78, 5) is 24.9. The van der Waals surface area contributed by atoms with Gasteiger partial charge in [-0.25, -0.2) is 0 Å². The van der Waals surface area contributed by atoms with Gasteiger partial charge in [-0.15, -0.1) is 11.8 Å². The maximum Gasteiger partial charge on any atom is 0.316 e. The van der Waals surface area contributed by atoms with Crippen LogP contribution in [0.5, 0.6) is 11.5 Å². The summed E-state index contributed by atoms with van der Waals surface area (Å²) in [6.45, 7) is 3.67. The Bertz CT molecular complexity index is 822. The van der Waals surface area contributed by atoms with Crippen LogP contribution >= 0.6 is 11.8 Å². The third kappa shape index (κ3) is 6.21. The number of anilines is 1. The second-order valence-electron chi connectivity index (χ2n) is 5.84. The summed E-state index contributed by atoms with van der Waals surface area (Å²) < 4.78 is 15.4. The predicted octanol–water partition coefficient (Wildman–Crippen LogP) is 3.59. The molecule has 0 spiro atoms. The van der Waals surface area contributed by atoms with E-state index in [0.29, 0.717) is 17.2 Å². The summed E-state index contributed by atoms with van der Waals surface area (Å²) in [5, 5.41) is 2.65. The molecule has 0 aliphatic rings. The Kier molecular flexibility index (Phi) is 7.55. The first-order valence-corrected chi connectivity index (χ1v) is 9.29. The largest absolute Gasteiger partial charge is 0.493 e. The number of hydrogen-bond acceptors (Lipinski definition) is 6. The molecule has 0 bridgehead atoms. The lowest BCUT2D eigenvalue weighted by Gasteiger charge is -2.11. The Morgan fingerprint density at radius 2 is 1.74 bits per heavy atom. The molecule has 144 valence electrons. The summed E-state index contributed by atoms with van der Waals surface area (Å²) in [6, 6.07) is 11.0. The van der Waals surface area contributed by atoms with Crippen molar-refractivity contribution in [3.63, 3.8) is 0 Å². The fourth-order valence-electron chi connectivity index (χ4n) is 2.40. The van der Waals surface area contributed by atoms with Gasteiger partial charge < -0.3 is 19.5 Å². The van der Waals surface area contributed by atoms with E-state index in [4.69, 9.17) is 14.2 Å². The van der Waals surface area contributed by atoms with E-state index in [1.807, 2.05) is 26.0 Å². The second-order valence-corrected chi connectivity index (χ2v) is 6.85. The average molecular weight is 389 g/mol. The van der Waals surface area contributed by atoms with Gasteiger partial charge in [0.2, 0.25) is 0 Å². The fourth-order valence-corrected chi connectivity index (χ4v) is 3.20. The third-order valence-corrected chi connectivity index (χ3v) is 4.86. The van der Waals surface area contributed by atoms with Crippen LogP contribution in [0.3, 0.4) is 0 Å². The van der Waals surface area contributed by atoms with Crippen molar-refractivity contribution in [3.8, 4) is 11.5 Å². The first-order chi connectivity index (χ1) is 12.9. The molecule has 27 heavy (non-hydrogen) atoms. The van der Waals surface area contributed by atoms with Crippen molar-refractivity contribution >= 4 is 29.3 Å². The van der Waals surface area contributed by atoms with Gasteiger partial charge in [-0.2, -0.15) is 0 Å². The van der Waals surface area contributed by atoms with E-state index in [1.54, 1.807) is 18.2 Å². The lowest BCUT2D eigenvalue weighted by Crippen LogP contribution is -2.21. The lowest BCUT2D eigenvalue weighted by atomic mass is 10.2. The van der Waals surface area contributed by atoms with Crippen molar-refractivity contribution < 1.29 is 23.8 Å². The molecule has 2 rings (SSSR count). The molecule has 0 aliphatic heterocycles. The van der Waals surface area contributed by atoms with Crippen molar-refractivity contribution in [3.05, 3.63) is 47.5 Å². The zero-order valence-electron chi connectivity index (χ0n) is 15.8. The van der Waals surface area contributed by atoms with Crippen molar-refractivity contribution in [2.75, 3.05) is 31.9 Å². The van der Waals surface area contributed by atoms with Gasteiger partial charge in [-0.3, -0.25) is 9.59 Å². The number of esters is 1. The van der Waals surface area contributed by atoms with Crippen LogP contribution in [-0.2, 0) is 14.3 Å². The second kappa shape index (κ2) is 9.87. The van der Waals surface area contributed by atoms with Crippen molar-refractivity contribution in [1.29, 1.82) is 0 Å². The number of rotatable bonds is 8. The Labute approximate surface area is 163 Å². The van der Waals surface area contributed by atoms with Gasteiger partial charge >= 0.3 is 5.97 Å². The van der Waals surface area contributed by atoms with E-state index in [2.05, 4.69) is 11.4 Å². The minimum atomic E-state index is -0.442. The monoisotopic (exact) mass is 389 g/mol. The normalized spacial score (nSPS) is 10.2. The molecule has 0 unspecified atom stereocenters. The maximum atomic E-state index is 12.0. The van der Waals surface area contributed by atoms with Gasteiger partial charge in [0.25, 0.3) is 5.91 Å². The van der Waals surface area contributed by atoms with Crippen molar-refractivity contribution in [2.45, 2.75) is 18.7 Å². The first kappa shape index (κ1) is 20.6. The zero-order valence-corrected chi connectivity index (χ0v) is 16.6. The summed E-state index contributed by atoms with van der Waals surface area (Å²) in [7, 11) is 3.05. The van der Waals surface area contributed by atoms with Gasteiger partial charge in [-0.05, 0) is 37.6 Å². The molecule has 0 radical (unpaired) electrons. The Morgan fingerprint density at radius 1 is 1.00 bits per heavy atom. The molecule has 0 saturated heterocycles.